The Morgan fingerprint density at radius 1 is 1.38 bits per heavy atom. The largest absolute Gasteiger partial charge is 0.872 e. The summed E-state index contributed by atoms with van der Waals surface area (Å²) >= 11 is 0. The van der Waals surface area contributed by atoms with Gasteiger partial charge in [-0.05, 0) is 12.1 Å². The predicted molar refractivity (Wildman–Crippen MR) is 26.0 cm³/mol. The maximum atomic E-state index is 10.3. The Morgan fingerprint density at radius 2 is 2.12 bits per heavy atom. The molecule has 0 fully saturated rings. The van der Waals surface area contributed by atoms with Gasteiger partial charge in [-0.25, -0.2) is 0 Å². The zero-order valence-corrected chi connectivity index (χ0v) is 4.13. The van der Waals surface area contributed by atoms with E-state index < -0.39 is 0 Å². The summed E-state index contributed by atoms with van der Waals surface area (Å²) in [6.07, 6.45) is 0. The molecule has 0 amide bonds. The smallest absolute Gasteiger partial charge is 0.178 e. The van der Waals surface area contributed by atoms with E-state index in [1.54, 1.807) is 0 Å². The van der Waals surface area contributed by atoms with E-state index in [9.17, 15) is 10.2 Å². The van der Waals surface area contributed by atoms with Crippen LogP contribution in [0, 0.1) is 0 Å². The van der Waals surface area contributed by atoms with Crippen molar-refractivity contribution in [3.63, 3.8) is 0 Å². The lowest BCUT2D eigenvalue weighted by Crippen LogP contribution is -1.85. The molecule has 0 atom stereocenters. The molecule has 0 aromatic heterocycles. The molecule has 0 aliphatic heterocycles. The fraction of sp³-hybridized carbons (Fsp3) is 0. The minimum absolute atomic E-state index is 0.225. The van der Waals surface area contributed by atoms with Gasteiger partial charge in [0.25, 0.3) is 0 Å². The second kappa shape index (κ2) is 1.74. The Labute approximate surface area is 47.0 Å². The van der Waals surface area contributed by atoms with E-state index in [0.29, 0.717) is 0 Å². The van der Waals surface area contributed by atoms with E-state index in [1.807, 2.05) is 0 Å². The van der Waals surface area contributed by atoms with Crippen LogP contribution in [0.3, 0.4) is 0 Å². The highest BCUT2D eigenvalue weighted by Gasteiger charge is 1.82. The SMILES string of the molecule is [O]c1cccc([O-])c1. The first-order chi connectivity index (χ1) is 3.79. The van der Waals surface area contributed by atoms with Crippen molar-refractivity contribution in [3.05, 3.63) is 24.3 Å². The second-order valence-electron chi connectivity index (χ2n) is 1.47. The summed E-state index contributed by atoms with van der Waals surface area (Å²) in [5.74, 6) is -0.449. The van der Waals surface area contributed by atoms with Crippen LogP contribution in [-0.2, 0) is 5.11 Å². The zero-order chi connectivity index (χ0) is 5.98. The summed E-state index contributed by atoms with van der Waals surface area (Å²) in [5.41, 5.74) is 0. The minimum atomic E-state index is -0.225. The molecular formula is C6H4O2-. The maximum absolute atomic E-state index is 10.3. The molecule has 0 saturated carbocycles. The first-order valence-electron chi connectivity index (χ1n) is 2.23. The van der Waals surface area contributed by atoms with E-state index in [0.717, 1.165) is 6.07 Å². The summed E-state index contributed by atoms with van der Waals surface area (Å²) in [7, 11) is 0. The fourth-order valence-corrected chi connectivity index (χ4v) is 0.474. The van der Waals surface area contributed by atoms with Gasteiger partial charge in [-0.15, -0.1) is 5.75 Å². The topological polar surface area (TPSA) is 43.0 Å². The Balaban J connectivity index is 3.08. The zero-order valence-electron chi connectivity index (χ0n) is 4.13. The Bertz CT molecular complexity index is 166. The molecule has 1 aromatic rings. The fourth-order valence-electron chi connectivity index (χ4n) is 0.474. The van der Waals surface area contributed by atoms with Gasteiger partial charge in [0.2, 0.25) is 0 Å². The van der Waals surface area contributed by atoms with Gasteiger partial charge in [0.05, 0.1) is 0 Å². The van der Waals surface area contributed by atoms with Crippen LogP contribution in [0.2, 0.25) is 0 Å². The highest BCUT2D eigenvalue weighted by Crippen LogP contribution is 2.13. The van der Waals surface area contributed by atoms with Crippen molar-refractivity contribution in [2.75, 3.05) is 0 Å². The molecule has 1 radical (unpaired) electrons. The van der Waals surface area contributed by atoms with E-state index >= 15 is 0 Å². The average molecular weight is 108 g/mol. The first-order valence-corrected chi connectivity index (χ1v) is 2.23. The van der Waals surface area contributed by atoms with Crippen LogP contribution in [0.4, 0.5) is 0 Å². The molecule has 0 spiro atoms. The van der Waals surface area contributed by atoms with Crippen LogP contribution < -0.4 is 5.11 Å². The van der Waals surface area contributed by atoms with Crippen molar-refractivity contribution in [2.45, 2.75) is 0 Å². The monoisotopic (exact) mass is 108 g/mol. The molecule has 0 unspecified atom stereocenters. The minimum Gasteiger partial charge on any atom is -0.872 e. The van der Waals surface area contributed by atoms with Crippen LogP contribution in [-0.4, -0.2) is 0 Å². The number of hydrogen-bond acceptors (Lipinski definition) is 1. The predicted octanol–water partition coefficient (Wildman–Crippen LogP) is 0.904. The van der Waals surface area contributed by atoms with E-state index in [1.165, 1.54) is 18.2 Å². The molecular weight excluding hydrogens is 104 g/mol. The van der Waals surface area contributed by atoms with Crippen LogP contribution in [0.15, 0.2) is 24.3 Å². The highest BCUT2D eigenvalue weighted by atomic mass is 16.3. The molecule has 0 saturated heterocycles. The highest BCUT2D eigenvalue weighted by molar-refractivity contribution is 5.29. The number of rotatable bonds is 0. The van der Waals surface area contributed by atoms with Crippen molar-refractivity contribution in [1.82, 2.24) is 0 Å². The van der Waals surface area contributed by atoms with Crippen molar-refractivity contribution >= 4 is 0 Å². The molecule has 0 aliphatic rings. The lowest BCUT2D eigenvalue weighted by molar-refractivity contribution is -0.268. The van der Waals surface area contributed by atoms with Crippen molar-refractivity contribution in [3.8, 4) is 11.5 Å². The van der Waals surface area contributed by atoms with Crippen molar-refractivity contribution in [1.29, 1.82) is 0 Å². The Hall–Kier alpha value is -1.18. The first kappa shape index (κ1) is 4.97. The van der Waals surface area contributed by atoms with Gasteiger partial charge >= 0.3 is 0 Å². The number of hydrogen-bond donors (Lipinski definition) is 0. The Kier molecular flexibility index (Phi) is 1.08. The van der Waals surface area contributed by atoms with Gasteiger partial charge in [-0.3, -0.25) is 5.11 Å². The third-order valence-electron chi connectivity index (χ3n) is 0.806. The summed E-state index contributed by atoms with van der Waals surface area (Å²) in [5, 5.41) is 20.6. The standard InChI is InChI=1S/C6H5O2/c7-5-2-1-3-6(8)4-5/h1-4,7H/p-1. The third kappa shape index (κ3) is 0.904. The van der Waals surface area contributed by atoms with Crippen LogP contribution >= 0.6 is 0 Å². The van der Waals surface area contributed by atoms with Gasteiger partial charge in [0.15, 0.2) is 5.75 Å². The summed E-state index contributed by atoms with van der Waals surface area (Å²) in [6.45, 7) is 0. The van der Waals surface area contributed by atoms with E-state index in [-0.39, 0.29) is 11.5 Å². The quantitative estimate of drug-likeness (QED) is 0.487. The molecule has 1 rings (SSSR count). The van der Waals surface area contributed by atoms with E-state index in [4.69, 9.17) is 0 Å². The summed E-state index contributed by atoms with van der Waals surface area (Å²) in [6, 6.07) is 5.20. The third-order valence-corrected chi connectivity index (χ3v) is 0.806. The molecule has 8 heavy (non-hydrogen) atoms. The van der Waals surface area contributed by atoms with E-state index in [2.05, 4.69) is 0 Å². The lowest BCUT2D eigenvalue weighted by atomic mass is 10.3. The lowest BCUT2D eigenvalue weighted by Gasteiger charge is -2.00. The molecule has 1 aromatic carbocycles. The van der Waals surface area contributed by atoms with Crippen LogP contribution in [0.5, 0.6) is 11.5 Å². The summed E-state index contributed by atoms with van der Waals surface area (Å²) in [4.78, 5) is 0. The Morgan fingerprint density at radius 3 is 2.50 bits per heavy atom. The molecule has 0 heterocycles. The van der Waals surface area contributed by atoms with Gasteiger partial charge < -0.3 is 5.11 Å². The van der Waals surface area contributed by atoms with Crippen molar-refractivity contribution in [2.24, 2.45) is 0 Å². The molecule has 0 aliphatic carbocycles. The average Bonchev–Trinajstić information content (AvgIpc) is 1.64. The molecule has 0 N–H and O–H groups in total. The molecule has 2 heteroatoms. The van der Waals surface area contributed by atoms with Crippen LogP contribution in [0.25, 0.3) is 0 Å². The maximum Gasteiger partial charge on any atom is 0.178 e. The second-order valence-corrected chi connectivity index (χ2v) is 1.47. The normalized spacial score (nSPS) is 9.00. The van der Waals surface area contributed by atoms with Crippen molar-refractivity contribution < 1.29 is 10.2 Å². The number of benzene rings is 1. The molecule has 2 nitrogen and oxygen atoms in total. The van der Waals surface area contributed by atoms with Gasteiger partial charge in [-0.2, -0.15) is 0 Å². The van der Waals surface area contributed by atoms with Gasteiger partial charge in [0, 0.05) is 0 Å². The summed E-state index contributed by atoms with van der Waals surface area (Å²) < 4.78 is 0. The molecule has 41 valence electrons. The van der Waals surface area contributed by atoms with Gasteiger partial charge in [-0.1, -0.05) is 12.1 Å². The molecule has 0 bridgehead atoms. The van der Waals surface area contributed by atoms with Gasteiger partial charge in [0.1, 0.15) is 0 Å². The van der Waals surface area contributed by atoms with Crippen LogP contribution in [0.1, 0.15) is 0 Å².